The number of carbonyl (C=O) groups is 1. The number of rotatable bonds is 5. The maximum absolute atomic E-state index is 13.9. The normalized spacial score (nSPS) is 12.3. The van der Waals surface area contributed by atoms with Gasteiger partial charge in [-0.05, 0) is 31.7 Å². The number of thiophene rings is 1. The quantitative estimate of drug-likeness (QED) is 0.694. The van der Waals surface area contributed by atoms with Gasteiger partial charge in [0.15, 0.2) is 0 Å². The van der Waals surface area contributed by atoms with Crippen LogP contribution in [0.3, 0.4) is 0 Å². The minimum atomic E-state index is -0.494. The highest BCUT2D eigenvalue weighted by molar-refractivity contribution is 7.97. The fraction of sp³-hybridized carbons (Fsp3) is 0.278. The number of hydrogen-bond donors (Lipinski definition) is 2. The van der Waals surface area contributed by atoms with Crippen LogP contribution >= 0.6 is 23.1 Å². The molecule has 136 valence electrons. The smallest absolute Gasteiger partial charge is 0.262 e. The molecule has 2 N–H and O–H groups in total. The van der Waals surface area contributed by atoms with E-state index in [-0.39, 0.29) is 17.3 Å². The summed E-state index contributed by atoms with van der Waals surface area (Å²) in [6.07, 6.45) is 1.92. The summed E-state index contributed by atoms with van der Waals surface area (Å²) in [5, 5.41) is 3.24. The Hall–Kier alpha value is -2.19. The number of nitrogens with zero attached hydrogens (tertiary/aromatic N) is 1. The van der Waals surface area contributed by atoms with Gasteiger partial charge in [-0.2, -0.15) is 11.8 Å². The summed E-state index contributed by atoms with van der Waals surface area (Å²) in [6, 6.07) is 5.83. The van der Waals surface area contributed by atoms with Crippen molar-refractivity contribution in [2.45, 2.75) is 25.6 Å². The van der Waals surface area contributed by atoms with Gasteiger partial charge in [0.25, 0.3) is 11.5 Å². The fourth-order valence-corrected chi connectivity index (χ4v) is 4.29. The van der Waals surface area contributed by atoms with E-state index < -0.39 is 6.04 Å². The zero-order valence-electron chi connectivity index (χ0n) is 14.6. The molecular weight excluding hydrogens is 373 g/mol. The molecule has 0 aliphatic rings. The fourth-order valence-electron chi connectivity index (χ4n) is 2.78. The number of thioether (sulfide) groups is 1. The molecule has 3 rings (SSSR count). The molecule has 0 fully saturated rings. The van der Waals surface area contributed by atoms with E-state index in [2.05, 4.69) is 15.3 Å². The summed E-state index contributed by atoms with van der Waals surface area (Å²) in [4.78, 5) is 33.2. The van der Waals surface area contributed by atoms with Crippen LogP contribution in [-0.2, 0) is 5.75 Å². The average Bonchev–Trinajstić information content (AvgIpc) is 2.92. The van der Waals surface area contributed by atoms with Crippen LogP contribution in [0.2, 0.25) is 0 Å². The van der Waals surface area contributed by atoms with Gasteiger partial charge in [0.2, 0.25) is 0 Å². The lowest BCUT2D eigenvalue weighted by Gasteiger charge is -2.14. The third-order valence-corrected chi connectivity index (χ3v) is 5.80. The zero-order valence-corrected chi connectivity index (χ0v) is 16.2. The summed E-state index contributed by atoms with van der Waals surface area (Å²) in [5.41, 5.74) is 0.763. The van der Waals surface area contributed by atoms with E-state index in [1.807, 2.05) is 6.26 Å². The number of nitrogens with one attached hydrogen (secondary N) is 2. The molecule has 0 aliphatic carbocycles. The Morgan fingerprint density at radius 3 is 2.85 bits per heavy atom. The van der Waals surface area contributed by atoms with Crippen molar-refractivity contribution in [3.8, 4) is 0 Å². The van der Waals surface area contributed by atoms with Crippen molar-refractivity contribution in [3.05, 3.63) is 62.3 Å². The number of aromatic nitrogens is 2. The van der Waals surface area contributed by atoms with Crippen molar-refractivity contribution >= 4 is 39.2 Å². The molecule has 0 radical (unpaired) electrons. The number of benzene rings is 1. The lowest BCUT2D eigenvalue weighted by molar-refractivity contribution is 0.0943. The minimum absolute atomic E-state index is 0.242. The lowest BCUT2D eigenvalue weighted by Crippen LogP contribution is -2.27. The highest BCUT2D eigenvalue weighted by atomic mass is 32.2. The van der Waals surface area contributed by atoms with Crippen LogP contribution in [0.15, 0.2) is 29.1 Å². The summed E-state index contributed by atoms with van der Waals surface area (Å²) in [5.74, 6) is 0.469. The number of amides is 1. The molecule has 1 atom stereocenters. The average molecular weight is 391 g/mol. The van der Waals surface area contributed by atoms with Gasteiger partial charge >= 0.3 is 0 Å². The molecule has 5 nitrogen and oxygen atoms in total. The molecule has 1 amide bonds. The first-order chi connectivity index (χ1) is 12.4. The molecule has 0 saturated heterocycles. The summed E-state index contributed by atoms with van der Waals surface area (Å²) >= 11 is 2.74. The Labute approximate surface area is 158 Å². The van der Waals surface area contributed by atoms with Crippen molar-refractivity contribution in [2.24, 2.45) is 0 Å². The zero-order chi connectivity index (χ0) is 18.8. The van der Waals surface area contributed by atoms with E-state index in [0.29, 0.717) is 37.8 Å². The number of aromatic amines is 1. The molecule has 26 heavy (non-hydrogen) atoms. The summed E-state index contributed by atoms with van der Waals surface area (Å²) in [7, 11) is 0. The Kier molecular flexibility index (Phi) is 5.43. The van der Waals surface area contributed by atoms with E-state index in [9.17, 15) is 14.0 Å². The van der Waals surface area contributed by atoms with Crippen LogP contribution in [-0.4, -0.2) is 22.1 Å². The number of H-pyrrole nitrogens is 1. The molecule has 1 aromatic carbocycles. The monoisotopic (exact) mass is 391 g/mol. The first-order valence-corrected chi connectivity index (χ1v) is 10.2. The van der Waals surface area contributed by atoms with Crippen LogP contribution in [0.4, 0.5) is 4.39 Å². The van der Waals surface area contributed by atoms with Crippen LogP contribution in [0.25, 0.3) is 10.2 Å². The number of carbonyl (C=O) groups excluding carboxylic acids is 1. The third kappa shape index (κ3) is 3.52. The maximum Gasteiger partial charge on any atom is 0.262 e. The van der Waals surface area contributed by atoms with Crippen LogP contribution in [0, 0.1) is 12.7 Å². The van der Waals surface area contributed by atoms with Gasteiger partial charge in [-0.1, -0.05) is 18.2 Å². The van der Waals surface area contributed by atoms with Gasteiger partial charge in [0.05, 0.1) is 22.1 Å². The number of hydrogen-bond acceptors (Lipinski definition) is 5. The molecule has 0 unspecified atom stereocenters. The van der Waals surface area contributed by atoms with Gasteiger partial charge in [-0.25, -0.2) is 9.37 Å². The Bertz CT molecular complexity index is 1030. The lowest BCUT2D eigenvalue weighted by atomic mass is 10.1. The third-order valence-electron chi connectivity index (χ3n) is 4.06. The predicted molar refractivity (Wildman–Crippen MR) is 104 cm³/mol. The van der Waals surface area contributed by atoms with Gasteiger partial charge in [0.1, 0.15) is 16.5 Å². The second-order valence-corrected chi connectivity index (χ2v) is 7.76. The largest absolute Gasteiger partial charge is 0.345 e. The summed E-state index contributed by atoms with van der Waals surface area (Å²) < 4.78 is 13.9. The first-order valence-electron chi connectivity index (χ1n) is 7.99. The van der Waals surface area contributed by atoms with E-state index >= 15 is 0 Å². The molecule has 2 heterocycles. The van der Waals surface area contributed by atoms with Crippen molar-refractivity contribution in [1.29, 1.82) is 0 Å². The first kappa shape index (κ1) is 18.6. The van der Waals surface area contributed by atoms with Crippen molar-refractivity contribution in [3.63, 3.8) is 0 Å². The van der Waals surface area contributed by atoms with Crippen molar-refractivity contribution in [2.75, 3.05) is 6.26 Å². The van der Waals surface area contributed by atoms with Gasteiger partial charge in [-0.3, -0.25) is 9.59 Å². The van der Waals surface area contributed by atoms with E-state index in [0.717, 1.165) is 0 Å². The Morgan fingerprint density at radius 1 is 1.42 bits per heavy atom. The number of aryl methyl sites for hydroxylation is 1. The molecule has 2 aromatic heterocycles. The van der Waals surface area contributed by atoms with E-state index in [1.54, 1.807) is 43.8 Å². The summed E-state index contributed by atoms with van der Waals surface area (Å²) in [6.45, 7) is 3.45. The molecule has 0 bridgehead atoms. The van der Waals surface area contributed by atoms with Crippen LogP contribution < -0.4 is 10.9 Å². The van der Waals surface area contributed by atoms with Gasteiger partial charge in [0, 0.05) is 5.56 Å². The van der Waals surface area contributed by atoms with Crippen molar-refractivity contribution < 1.29 is 9.18 Å². The molecule has 0 saturated carbocycles. The molecular formula is C18H18FN3O2S2. The predicted octanol–water partition coefficient (Wildman–Crippen LogP) is 3.79. The van der Waals surface area contributed by atoms with E-state index in [1.165, 1.54) is 17.4 Å². The molecule has 0 spiro atoms. The maximum atomic E-state index is 13.9. The highest BCUT2D eigenvalue weighted by Gasteiger charge is 2.21. The second-order valence-electron chi connectivity index (χ2n) is 5.90. The van der Waals surface area contributed by atoms with Gasteiger partial charge < -0.3 is 10.3 Å². The SMILES string of the molecule is CSCc1nc2sc(C(=O)N[C@@H](C)c3ccccc3F)c(C)c2c(=O)[nH]1. The molecule has 8 heteroatoms. The van der Waals surface area contributed by atoms with Crippen molar-refractivity contribution in [1.82, 2.24) is 15.3 Å². The molecule has 0 aliphatic heterocycles. The van der Waals surface area contributed by atoms with Crippen LogP contribution in [0.1, 0.15) is 39.6 Å². The molecule has 3 aromatic rings. The highest BCUT2D eigenvalue weighted by Crippen LogP contribution is 2.28. The Balaban J connectivity index is 1.93. The topological polar surface area (TPSA) is 74.8 Å². The number of fused-ring (bicyclic) bond motifs is 1. The standard InChI is InChI=1S/C18H18FN3O2S2/c1-9-14-16(23)21-13(8-25-3)22-18(14)26-15(9)17(24)20-10(2)11-6-4-5-7-12(11)19/h4-7,10H,8H2,1-3H3,(H,20,24)(H,21,22,23)/t10-/m0/s1. The van der Waals surface area contributed by atoms with Gasteiger partial charge in [-0.15, -0.1) is 11.3 Å². The Morgan fingerprint density at radius 2 is 2.15 bits per heavy atom. The number of halogens is 1. The second kappa shape index (κ2) is 7.59. The minimum Gasteiger partial charge on any atom is -0.345 e. The van der Waals surface area contributed by atoms with E-state index in [4.69, 9.17) is 0 Å². The van der Waals surface area contributed by atoms with Crippen LogP contribution in [0.5, 0.6) is 0 Å².